The first-order chi connectivity index (χ1) is 7.28. The molecule has 0 aliphatic heterocycles. The Bertz CT molecular complexity index is 436. The van der Waals surface area contributed by atoms with Gasteiger partial charge < -0.3 is 5.32 Å². The fourth-order valence-corrected chi connectivity index (χ4v) is 1.48. The first-order valence-corrected chi connectivity index (χ1v) is 5.24. The van der Waals surface area contributed by atoms with E-state index < -0.39 is 0 Å². The second kappa shape index (κ2) is 4.39. The van der Waals surface area contributed by atoms with Crippen molar-refractivity contribution in [2.24, 2.45) is 0 Å². The number of anilines is 1. The highest BCUT2D eigenvalue weighted by molar-refractivity contribution is 9.10. The van der Waals surface area contributed by atoms with Gasteiger partial charge in [0.2, 0.25) is 0 Å². The van der Waals surface area contributed by atoms with E-state index in [0.717, 1.165) is 16.0 Å². The van der Waals surface area contributed by atoms with E-state index in [9.17, 15) is 0 Å². The molecule has 0 saturated heterocycles. The van der Waals surface area contributed by atoms with Crippen molar-refractivity contribution in [1.82, 2.24) is 19.7 Å². The molecule has 5 nitrogen and oxygen atoms in total. The number of nitrogens with one attached hydrogen (secondary N) is 1. The summed E-state index contributed by atoms with van der Waals surface area (Å²) in [5.41, 5.74) is 0.879. The second-order valence-electron chi connectivity index (χ2n) is 3.00. The molecule has 15 heavy (non-hydrogen) atoms. The minimum absolute atomic E-state index is 0.628. The lowest BCUT2D eigenvalue weighted by Gasteiger charge is -2.01. The number of aromatic nitrogens is 4. The quantitative estimate of drug-likeness (QED) is 0.917. The van der Waals surface area contributed by atoms with Crippen molar-refractivity contribution in [2.75, 3.05) is 12.4 Å². The van der Waals surface area contributed by atoms with Crippen molar-refractivity contribution < 1.29 is 0 Å². The van der Waals surface area contributed by atoms with Crippen LogP contribution in [0.5, 0.6) is 0 Å². The molecule has 0 saturated carbocycles. The topological polar surface area (TPSA) is 55.6 Å². The minimum Gasteiger partial charge on any atom is -0.372 e. The molecule has 2 rings (SSSR count). The molecule has 0 radical (unpaired) electrons. The number of nitrogens with zero attached hydrogens (tertiary/aromatic N) is 4. The highest BCUT2D eigenvalue weighted by Gasteiger charge is 1.99. The van der Waals surface area contributed by atoms with Crippen LogP contribution in [0.4, 0.5) is 5.82 Å². The molecule has 0 atom stereocenters. The molecule has 0 spiro atoms. The van der Waals surface area contributed by atoms with Crippen molar-refractivity contribution in [2.45, 2.75) is 6.54 Å². The van der Waals surface area contributed by atoms with E-state index in [1.165, 1.54) is 0 Å². The zero-order valence-corrected chi connectivity index (χ0v) is 9.77. The number of rotatable bonds is 3. The van der Waals surface area contributed by atoms with Crippen LogP contribution in [0, 0.1) is 0 Å². The SMILES string of the molecule is CNc1cnc(Cn2cc(Br)cn2)cn1. The van der Waals surface area contributed by atoms with Gasteiger partial charge in [-0.15, -0.1) is 0 Å². The zero-order chi connectivity index (χ0) is 10.7. The van der Waals surface area contributed by atoms with Crippen molar-refractivity contribution in [3.63, 3.8) is 0 Å². The average Bonchev–Trinajstić information content (AvgIpc) is 2.65. The predicted octanol–water partition coefficient (Wildman–Crippen LogP) is 1.53. The van der Waals surface area contributed by atoms with E-state index in [4.69, 9.17) is 0 Å². The molecule has 6 heteroatoms. The fraction of sp³-hybridized carbons (Fsp3) is 0.222. The number of hydrogen-bond acceptors (Lipinski definition) is 4. The van der Waals surface area contributed by atoms with Gasteiger partial charge >= 0.3 is 0 Å². The highest BCUT2D eigenvalue weighted by Crippen LogP contribution is 2.08. The minimum atomic E-state index is 0.628. The van der Waals surface area contributed by atoms with Gasteiger partial charge in [-0.2, -0.15) is 5.10 Å². The smallest absolute Gasteiger partial charge is 0.144 e. The third-order valence-corrected chi connectivity index (χ3v) is 2.30. The summed E-state index contributed by atoms with van der Waals surface area (Å²) in [6.45, 7) is 0.628. The molecule has 2 aromatic heterocycles. The Morgan fingerprint density at radius 3 is 2.73 bits per heavy atom. The van der Waals surface area contributed by atoms with E-state index in [-0.39, 0.29) is 0 Å². The maximum absolute atomic E-state index is 4.25. The Labute approximate surface area is 95.7 Å². The van der Waals surface area contributed by atoms with E-state index in [1.807, 2.05) is 13.2 Å². The van der Waals surface area contributed by atoms with Crippen molar-refractivity contribution >= 4 is 21.7 Å². The van der Waals surface area contributed by atoms with Crippen LogP contribution in [0.15, 0.2) is 29.3 Å². The first kappa shape index (κ1) is 10.1. The van der Waals surface area contributed by atoms with Gasteiger partial charge in [0.15, 0.2) is 0 Å². The van der Waals surface area contributed by atoms with Gasteiger partial charge in [-0.25, -0.2) is 4.98 Å². The molecule has 0 aromatic carbocycles. The van der Waals surface area contributed by atoms with Gasteiger partial charge in [-0.05, 0) is 15.9 Å². The van der Waals surface area contributed by atoms with Crippen LogP contribution < -0.4 is 5.32 Å². The van der Waals surface area contributed by atoms with Crippen LogP contribution >= 0.6 is 15.9 Å². The Morgan fingerprint density at radius 1 is 1.33 bits per heavy atom. The molecule has 2 aromatic rings. The Balaban J connectivity index is 2.11. The molecule has 0 unspecified atom stereocenters. The fourth-order valence-electron chi connectivity index (χ4n) is 1.16. The molecule has 0 bridgehead atoms. The first-order valence-electron chi connectivity index (χ1n) is 4.44. The van der Waals surface area contributed by atoms with E-state index >= 15 is 0 Å². The Morgan fingerprint density at radius 2 is 2.20 bits per heavy atom. The lowest BCUT2D eigenvalue weighted by atomic mass is 10.4. The van der Waals surface area contributed by atoms with Gasteiger partial charge in [0.05, 0.1) is 35.3 Å². The normalized spacial score (nSPS) is 10.3. The molecular weight excluding hydrogens is 258 g/mol. The monoisotopic (exact) mass is 267 g/mol. The third-order valence-electron chi connectivity index (χ3n) is 1.89. The summed E-state index contributed by atoms with van der Waals surface area (Å²) in [5, 5.41) is 7.06. The number of halogens is 1. The van der Waals surface area contributed by atoms with Crippen LogP contribution in [-0.4, -0.2) is 26.8 Å². The average molecular weight is 268 g/mol. The van der Waals surface area contributed by atoms with Crippen molar-refractivity contribution in [3.05, 3.63) is 35.0 Å². The maximum atomic E-state index is 4.25. The van der Waals surface area contributed by atoms with Crippen LogP contribution in [0.1, 0.15) is 5.69 Å². The Hall–Kier alpha value is -1.43. The second-order valence-corrected chi connectivity index (χ2v) is 3.91. The molecule has 0 fully saturated rings. The summed E-state index contributed by atoms with van der Waals surface area (Å²) in [5.74, 6) is 0.764. The van der Waals surface area contributed by atoms with E-state index in [0.29, 0.717) is 6.54 Å². The standard InChI is InChI=1S/C9H10BrN5/c1-11-9-4-12-8(3-13-9)6-15-5-7(10)2-14-15/h2-5H,6H2,1H3,(H,11,13). The molecule has 0 aliphatic rings. The van der Waals surface area contributed by atoms with Crippen LogP contribution in [0.25, 0.3) is 0 Å². The van der Waals surface area contributed by atoms with Gasteiger partial charge in [0, 0.05) is 13.2 Å². The molecule has 1 N–H and O–H groups in total. The van der Waals surface area contributed by atoms with E-state index in [2.05, 4.69) is 36.3 Å². The zero-order valence-electron chi connectivity index (χ0n) is 8.18. The Kier molecular flexibility index (Phi) is 2.96. The van der Waals surface area contributed by atoms with Crippen LogP contribution in [0.2, 0.25) is 0 Å². The van der Waals surface area contributed by atoms with Gasteiger partial charge in [-0.3, -0.25) is 9.67 Å². The lowest BCUT2D eigenvalue weighted by molar-refractivity contribution is 0.670. The summed E-state index contributed by atoms with van der Waals surface area (Å²) >= 11 is 3.34. The largest absolute Gasteiger partial charge is 0.372 e. The van der Waals surface area contributed by atoms with Gasteiger partial charge in [0.25, 0.3) is 0 Å². The predicted molar refractivity (Wildman–Crippen MR) is 60.6 cm³/mol. The molecule has 0 aliphatic carbocycles. The highest BCUT2D eigenvalue weighted by atomic mass is 79.9. The lowest BCUT2D eigenvalue weighted by Crippen LogP contribution is -2.03. The summed E-state index contributed by atoms with van der Waals surface area (Å²) < 4.78 is 2.76. The molecule has 0 amide bonds. The summed E-state index contributed by atoms with van der Waals surface area (Å²) in [4.78, 5) is 8.43. The molecule has 78 valence electrons. The van der Waals surface area contributed by atoms with Crippen molar-refractivity contribution in [1.29, 1.82) is 0 Å². The number of hydrogen-bond donors (Lipinski definition) is 1. The maximum Gasteiger partial charge on any atom is 0.144 e. The van der Waals surface area contributed by atoms with Crippen LogP contribution in [0.3, 0.4) is 0 Å². The molecular formula is C9H10BrN5. The van der Waals surface area contributed by atoms with Gasteiger partial charge in [0.1, 0.15) is 5.82 Å². The van der Waals surface area contributed by atoms with Gasteiger partial charge in [-0.1, -0.05) is 0 Å². The van der Waals surface area contributed by atoms with Crippen molar-refractivity contribution in [3.8, 4) is 0 Å². The summed E-state index contributed by atoms with van der Waals surface area (Å²) in [6.07, 6.45) is 7.08. The van der Waals surface area contributed by atoms with Crippen LogP contribution in [-0.2, 0) is 6.54 Å². The molecule has 2 heterocycles. The summed E-state index contributed by atoms with van der Waals surface area (Å²) in [7, 11) is 1.81. The summed E-state index contributed by atoms with van der Waals surface area (Å²) in [6, 6.07) is 0. The van der Waals surface area contributed by atoms with E-state index in [1.54, 1.807) is 23.3 Å². The third kappa shape index (κ3) is 2.53.